The highest BCUT2D eigenvalue weighted by Gasteiger charge is 2.23. The summed E-state index contributed by atoms with van der Waals surface area (Å²) in [7, 11) is 0. The van der Waals surface area contributed by atoms with Gasteiger partial charge in [-0.05, 0) is 18.8 Å². The first-order valence-electron chi connectivity index (χ1n) is 4.17. The zero-order chi connectivity index (χ0) is 8.10. The van der Waals surface area contributed by atoms with Crippen LogP contribution in [0.5, 0.6) is 0 Å². The molecule has 1 heterocycles. The van der Waals surface area contributed by atoms with Crippen molar-refractivity contribution >= 4 is 0 Å². The van der Waals surface area contributed by atoms with E-state index in [0.29, 0.717) is 5.92 Å². The lowest BCUT2D eigenvalue weighted by atomic mass is 9.99. The maximum absolute atomic E-state index is 9.37. The van der Waals surface area contributed by atoms with E-state index in [1.165, 1.54) is 0 Å². The van der Waals surface area contributed by atoms with Crippen molar-refractivity contribution in [1.29, 1.82) is 0 Å². The molecule has 0 aliphatic carbocycles. The Balaban J connectivity index is 2.11. The van der Waals surface area contributed by atoms with Crippen LogP contribution < -0.4 is 5.32 Å². The van der Waals surface area contributed by atoms with Crippen LogP contribution in [0.3, 0.4) is 0 Å². The van der Waals surface area contributed by atoms with E-state index in [9.17, 15) is 5.11 Å². The number of nitrogens with one attached hydrogen (secondary N) is 1. The molecule has 0 aromatic carbocycles. The number of β-amino-alcohol motifs (C(OH)–C–C–N with tert-alkyl or cyclic N) is 1. The summed E-state index contributed by atoms with van der Waals surface area (Å²) in [6.07, 6.45) is 7.91. The summed E-state index contributed by atoms with van der Waals surface area (Å²) in [5, 5.41) is 12.5. The van der Waals surface area contributed by atoms with Crippen LogP contribution in [0, 0.1) is 18.3 Å². The highest BCUT2D eigenvalue weighted by Crippen LogP contribution is 2.15. The van der Waals surface area contributed by atoms with Crippen molar-refractivity contribution in [1.82, 2.24) is 5.32 Å². The van der Waals surface area contributed by atoms with Crippen LogP contribution in [-0.4, -0.2) is 24.3 Å². The normalized spacial score (nSPS) is 30.2. The van der Waals surface area contributed by atoms with E-state index in [2.05, 4.69) is 11.2 Å². The predicted molar refractivity (Wildman–Crippen MR) is 45.1 cm³/mol. The van der Waals surface area contributed by atoms with Crippen LogP contribution in [0.15, 0.2) is 0 Å². The van der Waals surface area contributed by atoms with E-state index in [-0.39, 0.29) is 6.10 Å². The minimum absolute atomic E-state index is 0.146. The fraction of sp³-hybridized carbons (Fsp3) is 0.778. The molecule has 2 heteroatoms. The molecule has 1 saturated heterocycles. The quantitative estimate of drug-likeness (QED) is 0.453. The van der Waals surface area contributed by atoms with Crippen molar-refractivity contribution in [2.45, 2.75) is 25.4 Å². The van der Waals surface area contributed by atoms with Crippen molar-refractivity contribution in [2.75, 3.05) is 13.1 Å². The van der Waals surface area contributed by atoms with Crippen LogP contribution in [0.4, 0.5) is 0 Å². The first-order valence-corrected chi connectivity index (χ1v) is 4.17. The van der Waals surface area contributed by atoms with Gasteiger partial charge in [0.1, 0.15) is 0 Å². The Morgan fingerprint density at radius 2 is 2.36 bits per heavy atom. The van der Waals surface area contributed by atoms with E-state index in [0.717, 1.165) is 32.4 Å². The molecule has 0 aromatic heterocycles. The molecule has 1 aliphatic rings. The first-order chi connectivity index (χ1) is 5.34. The molecule has 2 N–H and O–H groups in total. The number of hydrogen-bond acceptors (Lipinski definition) is 2. The Labute approximate surface area is 68.0 Å². The van der Waals surface area contributed by atoms with Crippen molar-refractivity contribution in [2.24, 2.45) is 5.92 Å². The summed E-state index contributed by atoms with van der Waals surface area (Å²) in [4.78, 5) is 0. The number of unbranched alkanes of at least 4 members (excludes halogenated alkanes) is 1. The Kier molecular flexibility index (Phi) is 3.41. The lowest BCUT2D eigenvalue weighted by molar-refractivity contribution is 0.142. The molecule has 62 valence electrons. The van der Waals surface area contributed by atoms with Crippen molar-refractivity contribution < 1.29 is 5.11 Å². The third kappa shape index (κ3) is 2.53. The van der Waals surface area contributed by atoms with Gasteiger partial charge in [-0.2, -0.15) is 0 Å². The molecule has 0 spiro atoms. The van der Waals surface area contributed by atoms with Gasteiger partial charge in [0, 0.05) is 19.5 Å². The Bertz CT molecular complexity index is 150. The number of aliphatic hydroxyl groups is 1. The SMILES string of the molecule is C#CCCCC1CNCC1O. The van der Waals surface area contributed by atoms with Gasteiger partial charge in [-0.1, -0.05) is 0 Å². The van der Waals surface area contributed by atoms with E-state index in [1.54, 1.807) is 0 Å². The zero-order valence-electron chi connectivity index (χ0n) is 6.71. The van der Waals surface area contributed by atoms with E-state index in [1.807, 2.05) is 0 Å². The number of aliphatic hydroxyl groups excluding tert-OH is 1. The third-order valence-electron chi connectivity index (χ3n) is 2.20. The maximum atomic E-state index is 9.37. The molecule has 0 radical (unpaired) electrons. The smallest absolute Gasteiger partial charge is 0.0704 e. The lowest BCUT2D eigenvalue weighted by Gasteiger charge is -2.11. The number of rotatable bonds is 3. The summed E-state index contributed by atoms with van der Waals surface area (Å²) in [5.74, 6) is 3.04. The fourth-order valence-corrected chi connectivity index (χ4v) is 1.48. The van der Waals surface area contributed by atoms with Gasteiger partial charge in [0.25, 0.3) is 0 Å². The molecule has 0 amide bonds. The van der Waals surface area contributed by atoms with Crippen LogP contribution >= 0.6 is 0 Å². The highest BCUT2D eigenvalue weighted by molar-refractivity contribution is 4.85. The molecule has 11 heavy (non-hydrogen) atoms. The summed E-state index contributed by atoms with van der Waals surface area (Å²) in [6.45, 7) is 1.70. The highest BCUT2D eigenvalue weighted by atomic mass is 16.3. The van der Waals surface area contributed by atoms with Crippen LogP contribution in [0.1, 0.15) is 19.3 Å². The van der Waals surface area contributed by atoms with Gasteiger partial charge in [-0.15, -0.1) is 12.3 Å². The van der Waals surface area contributed by atoms with Gasteiger partial charge in [-0.25, -0.2) is 0 Å². The van der Waals surface area contributed by atoms with Gasteiger partial charge >= 0.3 is 0 Å². The standard InChI is InChI=1S/C9H15NO/c1-2-3-4-5-8-6-10-7-9(8)11/h1,8-11H,3-7H2. The number of hydrogen-bond donors (Lipinski definition) is 2. The molecule has 2 nitrogen and oxygen atoms in total. The van der Waals surface area contributed by atoms with Gasteiger partial charge in [0.2, 0.25) is 0 Å². The summed E-state index contributed by atoms with van der Waals surface area (Å²) in [5.41, 5.74) is 0. The van der Waals surface area contributed by atoms with Crippen LogP contribution in [-0.2, 0) is 0 Å². The van der Waals surface area contributed by atoms with Gasteiger partial charge in [0.15, 0.2) is 0 Å². The van der Waals surface area contributed by atoms with E-state index >= 15 is 0 Å². The monoisotopic (exact) mass is 153 g/mol. The van der Waals surface area contributed by atoms with Gasteiger partial charge < -0.3 is 10.4 Å². The second kappa shape index (κ2) is 4.38. The molecule has 0 aromatic rings. The minimum atomic E-state index is -0.146. The predicted octanol–water partition coefficient (Wildman–Crippen LogP) is 0.370. The molecule has 1 fully saturated rings. The largest absolute Gasteiger partial charge is 0.391 e. The minimum Gasteiger partial charge on any atom is -0.391 e. The second-order valence-electron chi connectivity index (χ2n) is 3.08. The summed E-state index contributed by atoms with van der Waals surface area (Å²) in [6, 6.07) is 0. The summed E-state index contributed by atoms with van der Waals surface area (Å²) < 4.78 is 0. The van der Waals surface area contributed by atoms with Gasteiger partial charge in [-0.3, -0.25) is 0 Å². The fourth-order valence-electron chi connectivity index (χ4n) is 1.48. The van der Waals surface area contributed by atoms with E-state index < -0.39 is 0 Å². The Hall–Kier alpha value is -0.520. The molecule has 1 rings (SSSR count). The molecular formula is C9H15NO. The maximum Gasteiger partial charge on any atom is 0.0704 e. The Morgan fingerprint density at radius 3 is 2.91 bits per heavy atom. The Morgan fingerprint density at radius 1 is 1.55 bits per heavy atom. The second-order valence-corrected chi connectivity index (χ2v) is 3.08. The van der Waals surface area contributed by atoms with Gasteiger partial charge in [0.05, 0.1) is 6.10 Å². The van der Waals surface area contributed by atoms with Crippen molar-refractivity contribution in [3.63, 3.8) is 0 Å². The number of terminal acetylenes is 1. The lowest BCUT2D eigenvalue weighted by Crippen LogP contribution is -2.17. The van der Waals surface area contributed by atoms with Crippen molar-refractivity contribution in [3.05, 3.63) is 0 Å². The summed E-state index contributed by atoms with van der Waals surface area (Å²) >= 11 is 0. The topological polar surface area (TPSA) is 32.3 Å². The van der Waals surface area contributed by atoms with Crippen molar-refractivity contribution in [3.8, 4) is 12.3 Å². The van der Waals surface area contributed by atoms with Crippen LogP contribution in [0.25, 0.3) is 0 Å². The molecule has 0 bridgehead atoms. The van der Waals surface area contributed by atoms with E-state index in [4.69, 9.17) is 6.42 Å². The molecule has 2 unspecified atom stereocenters. The molecule has 0 saturated carbocycles. The average molecular weight is 153 g/mol. The third-order valence-corrected chi connectivity index (χ3v) is 2.20. The molecule has 1 aliphatic heterocycles. The molecule has 2 atom stereocenters. The molecular weight excluding hydrogens is 138 g/mol. The first kappa shape index (κ1) is 8.58. The zero-order valence-corrected chi connectivity index (χ0v) is 6.71. The van der Waals surface area contributed by atoms with Crippen LogP contribution in [0.2, 0.25) is 0 Å². The average Bonchev–Trinajstić information content (AvgIpc) is 2.37.